The van der Waals surface area contributed by atoms with Crippen molar-refractivity contribution in [3.63, 3.8) is 0 Å². The average Bonchev–Trinajstić information content (AvgIpc) is 2.88. The Balaban J connectivity index is 1.35. The molecule has 8 nitrogen and oxygen atoms in total. The van der Waals surface area contributed by atoms with Gasteiger partial charge in [-0.25, -0.2) is 15.0 Å². The van der Waals surface area contributed by atoms with E-state index >= 15 is 0 Å². The molecule has 180 valence electrons. The number of unbranched alkanes of at least 4 members (excludes halogenated alkanes) is 2. The normalized spacial score (nSPS) is 10.8. The Labute approximate surface area is 204 Å². The number of hydrogen-bond acceptors (Lipinski definition) is 7. The van der Waals surface area contributed by atoms with Crippen LogP contribution < -0.4 is 20.5 Å². The summed E-state index contributed by atoms with van der Waals surface area (Å²) < 4.78 is 11.3. The van der Waals surface area contributed by atoms with Crippen LogP contribution in [0.4, 0.5) is 11.4 Å². The van der Waals surface area contributed by atoms with Crippen LogP contribution in [0.2, 0.25) is 0 Å². The van der Waals surface area contributed by atoms with Crippen LogP contribution in [0, 0.1) is 6.92 Å². The number of pyridine rings is 1. The number of anilines is 2. The zero-order chi connectivity index (χ0) is 24.6. The summed E-state index contributed by atoms with van der Waals surface area (Å²) in [5.41, 5.74) is 10.7. The molecule has 4 aromatic rings. The van der Waals surface area contributed by atoms with Gasteiger partial charge >= 0.3 is 0 Å². The number of nitrogens with zero attached hydrogens (tertiary/aromatic N) is 3. The van der Waals surface area contributed by atoms with Crippen molar-refractivity contribution >= 4 is 28.2 Å². The summed E-state index contributed by atoms with van der Waals surface area (Å²) in [4.78, 5) is 25.3. The largest absolute Gasteiger partial charge is 0.491 e. The van der Waals surface area contributed by atoms with E-state index in [2.05, 4.69) is 26.3 Å². The molecule has 0 aliphatic rings. The van der Waals surface area contributed by atoms with Gasteiger partial charge in [-0.2, -0.15) is 0 Å². The molecule has 2 aromatic heterocycles. The number of amides is 1. The summed E-state index contributed by atoms with van der Waals surface area (Å²) in [6, 6.07) is 15.1. The van der Waals surface area contributed by atoms with Crippen molar-refractivity contribution in [3.05, 3.63) is 66.7 Å². The molecule has 35 heavy (non-hydrogen) atoms. The van der Waals surface area contributed by atoms with E-state index in [9.17, 15) is 4.79 Å². The fourth-order valence-corrected chi connectivity index (χ4v) is 3.78. The molecule has 0 saturated carbocycles. The Bertz CT molecular complexity index is 1310. The number of aryl methyl sites for hydroxylation is 1. The molecule has 0 unspecified atom stereocenters. The number of methoxy groups -OCH3 is 1. The summed E-state index contributed by atoms with van der Waals surface area (Å²) in [6.07, 6.45) is 6.21. The maximum Gasteiger partial charge on any atom is 0.224 e. The van der Waals surface area contributed by atoms with Gasteiger partial charge in [-0.1, -0.05) is 12.1 Å². The first-order chi connectivity index (χ1) is 17.0. The number of hydrogen-bond donors (Lipinski definition) is 2. The van der Waals surface area contributed by atoms with E-state index in [1.54, 1.807) is 31.8 Å². The standard InChI is InChI=1S/C27H29N5O3/c1-18-21-14-20(19-11-12-26(34-2)29-16-19)15-24(27(21)31-17-30-18)35-13-7-3-4-10-25(33)32-23-9-6-5-8-22(23)28/h5-6,8-9,11-12,14-17H,3-4,7,10,13,28H2,1-2H3,(H,32,33). The van der Waals surface area contributed by atoms with Crippen molar-refractivity contribution in [2.45, 2.75) is 32.6 Å². The predicted octanol–water partition coefficient (Wildman–Crippen LogP) is 5.17. The Kier molecular flexibility index (Phi) is 7.72. The Morgan fingerprint density at radius 2 is 1.86 bits per heavy atom. The number of ether oxygens (including phenoxy) is 2. The second-order valence-corrected chi connectivity index (χ2v) is 8.21. The van der Waals surface area contributed by atoms with Gasteiger partial charge in [0.1, 0.15) is 17.6 Å². The first-order valence-electron chi connectivity index (χ1n) is 11.6. The summed E-state index contributed by atoms with van der Waals surface area (Å²) in [7, 11) is 1.59. The molecule has 2 heterocycles. The van der Waals surface area contributed by atoms with E-state index < -0.39 is 0 Å². The molecule has 0 bridgehead atoms. The molecule has 0 aliphatic carbocycles. The van der Waals surface area contributed by atoms with Crippen molar-refractivity contribution in [1.82, 2.24) is 15.0 Å². The van der Waals surface area contributed by atoms with Crippen molar-refractivity contribution in [1.29, 1.82) is 0 Å². The lowest BCUT2D eigenvalue weighted by Crippen LogP contribution is -2.12. The van der Waals surface area contributed by atoms with E-state index in [1.165, 1.54) is 0 Å². The molecular formula is C27H29N5O3. The van der Waals surface area contributed by atoms with Crippen LogP contribution in [-0.4, -0.2) is 34.6 Å². The van der Waals surface area contributed by atoms with Crippen molar-refractivity contribution < 1.29 is 14.3 Å². The molecular weight excluding hydrogens is 442 g/mol. The minimum atomic E-state index is -0.0391. The molecule has 1 amide bonds. The summed E-state index contributed by atoms with van der Waals surface area (Å²) >= 11 is 0. The van der Waals surface area contributed by atoms with Crippen molar-refractivity contribution in [2.75, 3.05) is 24.8 Å². The highest BCUT2D eigenvalue weighted by molar-refractivity contribution is 5.93. The Hall–Kier alpha value is -4.20. The molecule has 0 radical (unpaired) electrons. The molecule has 0 fully saturated rings. The number of aromatic nitrogens is 3. The molecule has 0 spiro atoms. The van der Waals surface area contributed by atoms with Crippen LogP contribution in [0.1, 0.15) is 31.4 Å². The maximum atomic E-state index is 12.2. The fraction of sp³-hybridized carbons (Fsp3) is 0.259. The quantitative estimate of drug-likeness (QED) is 0.242. The molecule has 3 N–H and O–H groups in total. The van der Waals surface area contributed by atoms with Crippen LogP contribution in [0.25, 0.3) is 22.0 Å². The van der Waals surface area contributed by atoms with E-state index in [0.29, 0.717) is 36.0 Å². The molecule has 4 rings (SSSR count). The highest BCUT2D eigenvalue weighted by Crippen LogP contribution is 2.32. The monoisotopic (exact) mass is 471 g/mol. The van der Waals surface area contributed by atoms with Crippen LogP contribution >= 0.6 is 0 Å². The first-order valence-corrected chi connectivity index (χ1v) is 11.6. The van der Waals surface area contributed by atoms with Gasteiger partial charge in [0.25, 0.3) is 0 Å². The number of benzene rings is 2. The minimum Gasteiger partial charge on any atom is -0.491 e. The Morgan fingerprint density at radius 1 is 1.00 bits per heavy atom. The number of fused-ring (bicyclic) bond motifs is 1. The molecule has 0 aliphatic heterocycles. The lowest BCUT2D eigenvalue weighted by atomic mass is 10.0. The van der Waals surface area contributed by atoms with E-state index in [-0.39, 0.29) is 5.91 Å². The van der Waals surface area contributed by atoms with Gasteiger partial charge in [0.2, 0.25) is 11.8 Å². The number of carbonyl (C=O) groups is 1. The van der Waals surface area contributed by atoms with E-state index in [1.807, 2.05) is 37.3 Å². The third-order valence-electron chi connectivity index (χ3n) is 5.72. The van der Waals surface area contributed by atoms with Gasteiger partial charge in [-0.3, -0.25) is 4.79 Å². The minimum absolute atomic E-state index is 0.0391. The summed E-state index contributed by atoms with van der Waals surface area (Å²) in [5, 5.41) is 3.80. The SMILES string of the molecule is COc1ccc(-c2cc(OCCCCCC(=O)Nc3ccccc3N)c3ncnc(C)c3c2)cn1. The average molecular weight is 472 g/mol. The molecule has 8 heteroatoms. The topological polar surface area (TPSA) is 112 Å². The Morgan fingerprint density at radius 3 is 2.63 bits per heavy atom. The van der Waals surface area contributed by atoms with Gasteiger partial charge in [-0.05, 0) is 62.1 Å². The number of nitrogens with two attached hydrogens (primary N) is 1. The predicted molar refractivity (Wildman–Crippen MR) is 138 cm³/mol. The van der Waals surface area contributed by atoms with Gasteiger partial charge in [0.05, 0.1) is 25.1 Å². The van der Waals surface area contributed by atoms with Crippen LogP contribution in [0.15, 0.2) is 61.1 Å². The fourth-order valence-electron chi connectivity index (χ4n) is 3.78. The number of nitrogen functional groups attached to an aromatic ring is 1. The van der Waals surface area contributed by atoms with Gasteiger partial charge < -0.3 is 20.5 Å². The number of carbonyl (C=O) groups excluding carboxylic acids is 1. The van der Waals surface area contributed by atoms with Crippen LogP contribution in [0.3, 0.4) is 0 Å². The third kappa shape index (κ3) is 6.03. The second kappa shape index (κ2) is 11.3. The molecule has 2 aromatic carbocycles. The number of para-hydroxylation sites is 2. The maximum absolute atomic E-state index is 12.2. The van der Waals surface area contributed by atoms with Crippen LogP contribution in [0.5, 0.6) is 11.6 Å². The van der Waals surface area contributed by atoms with Gasteiger partial charge in [0, 0.05) is 35.3 Å². The van der Waals surface area contributed by atoms with Crippen LogP contribution in [-0.2, 0) is 4.79 Å². The highest BCUT2D eigenvalue weighted by Gasteiger charge is 2.12. The second-order valence-electron chi connectivity index (χ2n) is 8.21. The summed E-state index contributed by atoms with van der Waals surface area (Å²) in [6.45, 7) is 2.48. The van der Waals surface area contributed by atoms with E-state index in [0.717, 1.165) is 47.0 Å². The van der Waals surface area contributed by atoms with E-state index in [4.69, 9.17) is 15.2 Å². The van der Waals surface area contributed by atoms with Crippen molar-refractivity contribution in [3.8, 4) is 22.8 Å². The third-order valence-corrected chi connectivity index (χ3v) is 5.72. The lowest BCUT2D eigenvalue weighted by Gasteiger charge is -2.13. The molecule has 0 saturated heterocycles. The van der Waals surface area contributed by atoms with Crippen molar-refractivity contribution in [2.24, 2.45) is 0 Å². The zero-order valence-corrected chi connectivity index (χ0v) is 20.0. The smallest absolute Gasteiger partial charge is 0.224 e. The summed E-state index contributed by atoms with van der Waals surface area (Å²) in [5.74, 6) is 1.23. The van der Waals surface area contributed by atoms with Gasteiger partial charge in [-0.15, -0.1) is 0 Å². The number of nitrogens with one attached hydrogen (secondary N) is 1. The van der Waals surface area contributed by atoms with Gasteiger partial charge in [0.15, 0.2) is 0 Å². The number of rotatable bonds is 10. The first kappa shape index (κ1) is 23.9. The zero-order valence-electron chi connectivity index (χ0n) is 20.0. The highest BCUT2D eigenvalue weighted by atomic mass is 16.5. The lowest BCUT2D eigenvalue weighted by molar-refractivity contribution is -0.116. The molecule has 0 atom stereocenters.